The first-order valence-electron chi connectivity index (χ1n) is 6.98. The van der Waals surface area contributed by atoms with Gasteiger partial charge in [-0.15, -0.1) is 0 Å². The number of thioether (sulfide) groups is 1. The molecule has 1 aliphatic heterocycles. The predicted molar refractivity (Wildman–Crippen MR) is 78.9 cm³/mol. The van der Waals surface area contributed by atoms with E-state index in [1.807, 2.05) is 6.26 Å². The second kappa shape index (κ2) is 9.64. The van der Waals surface area contributed by atoms with Gasteiger partial charge in [-0.2, -0.15) is 11.8 Å². The molecule has 0 radical (unpaired) electrons. The van der Waals surface area contributed by atoms with Crippen molar-refractivity contribution in [1.29, 1.82) is 0 Å². The van der Waals surface area contributed by atoms with Crippen LogP contribution >= 0.6 is 11.8 Å². The smallest absolute Gasteiger partial charge is 0.236 e. The third kappa shape index (κ3) is 6.61. The highest BCUT2D eigenvalue weighted by atomic mass is 32.2. The lowest BCUT2D eigenvalue weighted by atomic mass is 10.2. The molecule has 0 aromatic rings. The van der Waals surface area contributed by atoms with Gasteiger partial charge in [-0.1, -0.05) is 12.8 Å². The van der Waals surface area contributed by atoms with Crippen molar-refractivity contribution in [2.45, 2.75) is 38.1 Å². The molecule has 1 rings (SSSR count). The zero-order valence-electron chi connectivity index (χ0n) is 11.5. The standard InChI is InChI=1S/C13H27N3OS/c1-18-11-6-12(14)13(17)15-7-10-16-8-4-2-3-5-9-16/h12H,2-11,14H2,1H3,(H,15,17)/t12-/m1/s1. The zero-order valence-corrected chi connectivity index (χ0v) is 12.3. The van der Waals surface area contributed by atoms with Crippen LogP contribution in [0.15, 0.2) is 0 Å². The molecular formula is C13H27N3OS. The highest BCUT2D eigenvalue weighted by molar-refractivity contribution is 7.98. The summed E-state index contributed by atoms with van der Waals surface area (Å²) in [6.45, 7) is 4.04. The van der Waals surface area contributed by atoms with E-state index in [9.17, 15) is 4.79 Å². The Morgan fingerprint density at radius 3 is 2.61 bits per heavy atom. The van der Waals surface area contributed by atoms with Gasteiger partial charge in [-0.3, -0.25) is 4.79 Å². The number of nitrogens with two attached hydrogens (primary N) is 1. The van der Waals surface area contributed by atoms with Crippen molar-refractivity contribution >= 4 is 17.7 Å². The fraction of sp³-hybridized carbons (Fsp3) is 0.923. The molecule has 0 unspecified atom stereocenters. The molecule has 0 spiro atoms. The van der Waals surface area contributed by atoms with Crippen molar-refractivity contribution in [3.05, 3.63) is 0 Å². The maximum Gasteiger partial charge on any atom is 0.236 e. The van der Waals surface area contributed by atoms with Crippen LogP contribution in [0, 0.1) is 0 Å². The van der Waals surface area contributed by atoms with E-state index < -0.39 is 0 Å². The lowest BCUT2D eigenvalue weighted by Gasteiger charge is -2.20. The van der Waals surface area contributed by atoms with Gasteiger partial charge in [0.15, 0.2) is 0 Å². The molecule has 1 amide bonds. The van der Waals surface area contributed by atoms with Crippen LogP contribution in [0.5, 0.6) is 0 Å². The molecule has 4 nitrogen and oxygen atoms in total. The number of carbonyl (C=O) groups is 1. The molecular weight excluding hydrogens is 246 g/mol. The second-order valence-electron chi connectivity index (χ2n) is 4.93. The summed E-state index contributed by atoms with van der Waals surface area (Å²) in [5, 5.41) is 2.94. The summed E-state index contributed by atoms with van der Waals surface area (Å²) in [4.78, 5) is 14.1. The summed E-state index contributed by atoms with van der Waals surface area (Å²) in [5.74, 6) is 0.944. The first-order valence-corrected chi connectivity index (χ1v) is 8.38. The number of amides is 1. The first kappa shape index (κ1) is 15.8. The van der Waals surface area contributed by atoms with E-state index >= 15 is 0 Å². The predicted octanol–water partition coefficient (Wildman–Crippen LogP) is 1.06. The molecule has 1 saturated heterocycles. The van der Waals surface area contributed by atoms with Crippen LogP contribution in [0.3, 0.4) is 0 Å². The summed E-state index contributed by atoms with van der Waals surface area (Å²) in [6, 6.07) is -0.346. The van der Waals surface area contributed by atoms with Gasteiger partial charge < -0.3 is 16.0 Å². The Balaban J connectivity index is 2.10. The van der Waals surface area contributed by atoms with Crippen LogP contribution in [0.25, 0.3) is 0 Å². The number of hydrogen-bond donors (Lipinski definition) is 2. The summed E-state index contributed by atoms with van der Waals surface area (Å²) in [6.07, 6.45) is 8.08. The number of hydrogen-bond acceptors (Lipinski definition) is 4. The number of nitrogens with one attached hydrogen (secondary N) is 1. The quantitative estimate of drug-likeness (QED) is 0.728. The van der Waals surface area contributed by atoms with Crippen LogP contribution in [0.1, 0.15) is 32.1 Å². The van der Waals surface area contributed by atoms with Crippen LogP contribution in [-0.4, -0.2) is 55.0 Å². The molecule has 1 heterocycles. The third-order valence-electron chi connectivity index (χ3n) is 3.40. The Morgan fingerprint density at radius 2 is 2.00 bits per heavy atom. The lowest BCUT2D eigenvalue weighted by Crippen LogP contribution is -2.44. The van der Waals surface area contributed by atoms with E-state index in [1.54, 1.807) is 11.8 Å². The van der Waals surface area contributed by atoms with Crippen molar-refractivity contribution in [1.82, 2.24) is 10.2 Å². The minimum Gasteiger partial charge on any atom is -0.353 e. The van der Waals surface area contributed by atoms with Crippen LogP contribution in [0.4, 0.5) is 0 Å². The Morgan fingerprint density at radius 1 is 1.33 bits per heavy atom. The highest BCUT2D eigenvalue weighted by Crippen LogP contribution is 2.08. The molecule has 1 fully saturated rings. The molecule has 0 saturated carbocycles. The molecule has 0 aromatic carbocycles. The molecule has 18 heavy (non-hydrogen) atoms. The SMILES string of the molecule is CSCC[C@@H](N)C(=O)NCCN1CCCCCC1. The second-order valence-corrected chi connectivity index (χ2v) is 5.92. The Labute approximate surface area is 115 Å². The molecule has 0 aliphatic carbocycles. The molecule has 1 aliphatic rings. The Kier molecular flexibility index (Phi) is 8.46. The maximum atomic E-state index is 11.7. The summed E-state index contributed by atoms with van der Waals surface area (Å²) in [5.41, 5.74) is 5.81. The summed E-state index contributed by atoms with van der Waals surface area (Å²) in [7, 11) is 0. The van der Waals surface area contributed by atoms with E-state index in [0.29, 0.717) is 0 Å². The number of carbonyl (C=O) groups excluding carboxylic acids is 1. The van der Waals surface area contributed by atoms with Crippen molar-refractivity contribution in [2.24, 2.45) is 5.73 Å². The summed E-state index contributed by atoms with van der Waals surface area (Å²) < 4.78 is 0. The average molecular weight is 273 g/mol. The number of nitrogens with zero attached hydrogens (tertiary/aromatic N) is 1. The average Bonchev–Trinajstić information content (AvgIpc) is 2.64. The van der Waals surface area contributed by atoms with Gasteiger partial charge in [0.05, 0.1) is 6.04 Å². The van der Waals surface area contributed by atoms with E-state index in [-0.39, 0.29) is 11.9 Å². The maximum absolute atomic E-state index is 11.7. The third-order valence-corrected chi connectivity index (χ3v) is 4.04. The van der Waals surface area contributed by atoms with E-state index in [4.69, 9.17) is 5.73 Å². The van der Waals surface area contributed by atoms with Crippen LogP contribution < -0.4 is 11.1 Å². The van der Waals surface area contributed by atoms with Crippen molar-refractivity contribution in [2.75, 3.05) is 38.2 Å². The Bertz CT molecular complexity index is 230. The topological polar surface area (TPSA) is 58.4 Å². The minimum absolute atomic E-state index is 0.00104. The van der Waals surface area contributed by atoms with Crippen LogP contribution in [0.2, 0.25) is 0 Å². The van der Waals surface area contributed by atoms with E-state index in [1.165, 1.54) is 38.8 Å². The van der Waals surface area contributed by atoms with Crippen molar-refractivity contribution in [3.63, 3.8) is 0 Å². The van der Waals surface area contributed by atoms with E-state index in [2.05, 4.69) is 10.2 Å². The molecule has 5 heteroatoms. The largest absolute Gasteiger partial charge is 0.353 e. The van der Waals surface area contributed by atoms with E-state index in [0.717, 1.165) is 25.3 Å². The fourth-order valence-electron chi connectivity index (χ4n) is 2.20. The van der Waals surface area contributed by atoms with Gasteiger partial charge in [0, 0.05) is 13.1 Å². The fourth-order valence-corrected chi connectivity index (χ4v) is 2.69. The highest BCUT2D eigenvalue weighted by Gasteiger charge is 2.13. The molecule has 0 bridgehead atoms. The van der Waals surface area contributed by atoms with Gasteiger partial charge in [0.2, 0.25) is 5.91 Å². The van der Waals surface area contributed by atoms with Gasteiger partial charge in [0.1, 0.15) is 0 Å². The van der Waals surface area contributed by atoms with Gasteiger partial charge in [-0.05, 0) is 44.4 Å². The molecule has 106 valence electrons. The zero-order chi connectivity index (χ0) is 13.2. The first-order chi connectivity index (χ1) is 8.74. The molecule has 3 N–H and O–H groups in total. The van der Waals surface area contributed by atoms with Crippen molar-refractivity contribution < 1.29 is 4.79 Å². The number of likely N-dealkylation sites (tertiary alicyclic amines) is 1. The normalized spacial score (nSPS) is 19.2. The summed E-state index contributed by atoms with van der Waals surface area (Å²) >= 11 is 1.73. The lowest BCUT2D eigenvalue weighted by molar-refractivity contribution is -0.122. The van der Waals surface area contributed by atoms with Gasteiger partial charge in [0.25, 0.3) is 0 Å². The Hall–Kier alpha value is -0.260. The minimum atomic E-state index is -0.346. The van der Waals surface area contributed by atoms with Gasteiger partial charge >= 0.3 is 0 Å². The molecule has 0 aromatic heterocycles. The molecule has 1 atom stereocenters. The van der Waals surface area contributed by atoms with Gasteiger partial charge in [-0.25, -0.2) is 0 Å². The van der Waals surface area contributed by atoms with Crippen molar-refractivity contribution in [3.8, 4) is 0 Å². The monoisotopic (exact) mass is 273 g/mol. The number of rotatable bonds is 7. The van der Waals surface area contributed by atoms with Crippen LogP contribution in [-0.2, 0) is 4.79 Å².